The maximum absolute atomic E-state index is 11.1. The van der Waals surface area contributed by atoms with Crippen molar-refractivity contribution in [2.75, 3.05) is 36.0 Å². The first kappa shape index (κ1) is 15.7. The third-order valence-electron chi connectivity index (χ3n) is 4.02. The number of benzene rings is 1. The predicted molar refractivity (Wildman–Crippen MR) is 88.4 cm³/mol. The monoisotopic (exact) mass is 329 g/mol. The Morgan fingerprint density at radius 1 is 0.875 bits per heavy atom. The minimum absolute atomic E-state index is 0.00119. The van der Waals surface area contributed by atoms with E-state index in [1.54, 1.807) is 24.4 Å². The topological polar surface area (TPSA) is 106 Å². The molecule has 0 saturated carbocycles. The van der Waals surface area contributed by atoms with E-state index in [9.17, 15) is 20.2 Å². The SMILES string of the molecule is O=[N+]([O-])c1ccc(N2CCN(c3ccncc3[N+](=O)[O-])CC2)cc1. The van der Waals surface area contributed by atoms with E-state index >= 15 is 0 Å². The van der Waals surface area contributed by atoms with Gasteiger partial charge in [0, 0.05) is 50.2 Å². The summed E-state index contributed by atoms with van der Waals surface area (Å²) in [6, 6.07) is 8.07. The van der Waals surface area contributed by atoms with Crippen LogP contribution in [0.1, 0.15) is 0 Å². The van der Waals surface area contributed by atoms with Crippen LogP contribution >= 0.6 is 0 Å². The van der Waals surface area contributed by atoms with Gasteiger partial charge in [-0.25, -0.2) is 0 Å². The second kappa shape index (κ2) is 6.49. The van der Waals surface area contributed by atoms with Crippen LogP contribution in [0.5, 0.6) is 0 Å². The fourth-order valence-electron chi connectivity index (χ4n) is 2.78. The Labute approximate surface area is 137 Å². The maximum Gasteiger partial charge on any atom is 0.310 e. The molecule has 0 spiro atoms. The molecule has 124 valence electrons. The van der Waals surface area contributed by atoms with E-state index in [4.69, 9.17) is 0 Å². The van der Waals surface area contributed by atoms with Crippen LogP contribution in [0.15, 0.2) is 42.7 Å². The lowest BCUT2D eigenvalue weighted by atomic mass is 10.2. The Hall–Kier alpha value is -3.23. The molecule has 3 rings (SSSR count). The molecule has 0 radical (unpaired) electrons. The van der Waals surface area contributed by atoms with Crippen LogP contribution in [0.25, 0.3) is 0 Å². The Balaban J connectivity index is 1.70. The van der Waals surface area contributed by atoms with Gasteiger partial charge in [-0.1, -0.05) is 0 Å². The van der Waals surface area contributed by atoms with Crippen molar-refractivity contribution in [2.45, 2.75) is 0 Å². The van der Waals surface area contributed by atoms with Crippen molar-refractivity contribution in [3.8, 4) is 0 Å². The molecule has 1 aliphatic rings. The first-order chi connectivity index (χ1) is 11.6. The van der Waals surface area contributed by atoms with E-state index in [-0.39, 0.29) is 11.4 Å². The zero-order valence-corrected chi connectivity index (χ0v) is 12.7. The number of rotatable bonds is 4. The molecule has 1 fully saturated rings. The number of aromatic nitrogens is 1. The van der Waals surface area contributed by atoms with Crippen molar-refractivity contribution >= 4 is 22.7 Å². The second-order valence-corrected chi connectivity index (χ2v) is 5.37. The second-order valence-electron chi connectivity index (χ2n) is 5.37. The third-order valence-corrected chi connectivity index (χ3v) is 4.02. The van der Waals surface area contributed by atoms with E-state index in [0.29, 0.717) is 31.9 Å². The molecule has 24 heavy (non-hydrogen) atoms. The van der Waals surface area contributed by atoms with Crippen molar-refractivity contribution in [3.63, 3.8) is 0 Å². The summed E-state index contributed by atoms with van der Waals surface area (Å²) in [5.41, 5.74) is 1.54. The van der Waals surface area contributed by atoms with E-state index in [1.165, 1.54) is 18.3 Å². The Morgan fingerprint density at radius 3 is 2.08 bits per heavy atom. The molecule has 9 heteroatoms. The molecule has 2 heterocycles. The summed E-state index contributed by atoms with van der Waals surface area (Å²) < 4.78 is 0. The van der Waals surface area contributed by atoms with Crippen LogP contribution < -0.4 is 9.80 Å². The Bertz CT molecular complexity index is 757. The maximum atomic E-state index is 11.1. The zero-order chi connectivity index (χ0) is 17.1. The van der Waals surface area contributed by atoms with Gasteiger partial charge >= 0.3 is 5.69 Å². The fraction of sp³-hybridized carbons (Fsp3) is 0.267. The molecule has 0 unspecified atom stereocenters. The van der Waals surface area contributed by atoms with Gasteiger partial charge in [-0.15, -0.1) is 0 Å². The van der Waals surface area contributed by atoms with E-state index < -0.39 is 9.85 Å². The van der Waals surface area contributed by atoms with Gasteiger partial charge in [-0.2, -0.15) is 0 Å². The lowest BCUT2D eigenvalue weighted by Gasteiger charge is -2.36. The van der Waals surface area contributed by atoms with E-state index in [2.05, 4.69) is 9.88 Å². The molecule has 9 nitrogen and oxygen atoms in total. The molecule has 1 saturated heterocycles. The van der Waals surface area contributed by atoms with Crippen LogP contribution in [0.2, 0.25) is 0 Å². The smallest absolute Gasteiger partial charge is 0.310 e. The molecule has 2 aromatic rings. The van der Waals surface area contributed by atoms with Crippen molar-refractivity contribution in [1.29, 1.82) is 0 Å². The van der Waals surface area contributed by atoms with Crippen LogP contribution in [-0.4, -0.2) is 41.0 Å². The highest BCUT2D eigenvalue weighted by molar-refractivity contribution is 5.63. The van der Waals surface area contributed by atoms with Crippen LogP contribution in [0, 0.1) is 20.2 Å². The molecule has 1 aliphatic heterocycles. The van der Waals surface area contributed by atoms with Crippen LogP contribution in [0.4, 0.5) is 22.7 Å². The molecule has 1 aromatic heterocycles. The van der Waals surface area contributed by atoms with Crippen molar-refractivity contribution < 1.29 is 9.85 Å². The molecule has 0 atom stereocenters. The number of nitro benzene ring substituents is 1. The van der Waals surface area contributed by atoms with Crippen molar-refractivity contribution in [3.05, 3.63) is 63.0 Å². The predicted octanol–water partition coefficient (Wildman–Crippen LogP) is 2.22. The van der Waals surface area contributed by atoms with E-state index in [0.717, 1.165) is 5.69 Å². The number of anilines is 2. The number of piperazine rings is 1. The molecule has 0 amide bonds. The Kier molecular flexibility index (Phi) is 4.23. The molecule has 0 aliphatic carbocycles. The minimum Gasteiger partial charge on any atom is -0.368 e. The van der Waals surface area contributed by atoms with Gasteiger partial charge in [0.15, 0.2) is 0 Å². The summed E-state index contributed by atoms with van der Waals surface area (Å²) >= 11 is 0. The van der Waals surface area contributed by atoms with Gasteiger partial charge in [-0.05, 0) is 18.2 Å². The van der Waals surface area contributed by atoms with Gasteiger partial charge in [0.2, 0.25) is 0 Å². The average Bonchev–Trinajstić information content (AvgIpc) is 2.62. The first-order valence-corrected chi connectivity index (χ1v) is 7.39. The summed E-state index contributed by atoms with van der Waals surface area (Å²) in [6.45, 7) is 2.61. The largest absolute Gasteiger partial charge is 0.368 e. The van der Waals surface area contributed by atoms with Crippen LogP contribution in [-0.2, 0) is 0 Å². The number of nitrogens with zero attached hydrogens (tertiary/aromatic N) is 5. The summed E-state index contributed by atoms with van der Waals surface area (Å²) in [5, 5.41) is 21.8. The van der Waals surface area contributed by atoms with E-state index in [1.807, 2.05) is 4.90 Å². The average molecular weight is 329 g/mol. The van der Waals surface area contributed by atoms with Gasteiger partial charge in [0.05, 0.1) is 9.85 Å². The van der Waals surface area contributed by atoms with Crippen molar-refractivity contribution in [1.82, 2.24) is 4.98 Å². The number of nitro groups is 2. The molecular formula is C15H15N5O4. The van der Waals surface area contributed by atoms with Gasteiger partial charge in [-0.3, -0.25) is 25.2 Å². The first-order valence-electron chi connectivity index (χ1n) is 7.39. The normalized spacial score (nSPS) is 14.5. The van der Waals surface area contributed by atoms with Gasteiger partial charge in [0.25, 0.3) is 5.69 Å². The number of hydrogen-bond donors (Lipinski definition) is 0. The summed E-state index contributed by atoms with van der Waals surface area (Å²) in [7, 11) is 0. The van der Waals surface area contributed by atoms with Gasteiger partial charge in [0.1, 0.15) is 11.9 Å². The highest BCUT2D eigenvalue weighted by Crippen LogP contribution is 2.28. The minimum atomic E-state index is -0.426. The highest BCUT2D eigenvalue weighted by Gasteiger charge is 2.24. The van der Waals surface area contributed by atoms with Crippen LogP contribution in [0.3, 0.4) is 0 Å². The molecule has 0 bridgehead atoms. The standard InChI is InChI=1S/C15H15N5O4/c21-19(22)13-3-1-12(2-4-13)17-7-9-18(10-8-17)14-5-6-16-11-15(14)20(23)24/h1-6,11H,7-10H2. The molecule has 1 aromatic carbocycles. The zero-order valence-electron chi connectivity index (χ0n) is 12.7. The quantitative estimate of drug-likeness (QED) is 0.625. The summed E-state index contributed by atoms with van der Waals surface area (Å²) in [6.07, 6.45) is 2.81. The summed E-state index contributed by atoms with van der Waals surface area (Å²) in [4.78, 5) is 28.8. The summed E-state index contributed by atoms with van der Waals surface area (Å²) in [5.74, 6) is 0. The number of hydrogen-bond acceptors (Lipinski definition) is 7. The number of non-ortho nitro benzene ring substituents is 1. The molecular weight excluding hydrogens is 314 g/mol. The van der Waals surface area contributed by atoms with Gasteiger partial charge < -0.3 is 9.80 Å². The highest BCUT2D eigenvalue weighted by atomic mass is 16.6. The lowest BCUT2D eigenvalue weighted by molar-refractivity contribution is -0.384. The van der Waals surface area contributed by atoms with Crippen molar-refractivity contribution in [2.24, 2.45) is 0 Å². The number of pyridine rings is 1. The fourth-order valence-corrected chi connectivity index (χ4v) is 2.78. The Morgan fingerprint density at radius 2 is 1.50 bits per heavy atom. The molecule has 0 N–H and O–H groups in total. The third kappa shape index (κ3) is 3.09. The lowest BCUT2D eigenvalue weighted by Crippen LogP contribution is -2.46.